The fourth-order valence-electron chi connectivity index (χ4n) is 2.93. The van der Waals surface area contributed by atoms with Gasteiger partial charge in [0.2, 0.25) is 0 Å². The standard InChI is InChI=1S/C16H18N4O/c17-12-9-13(15(18)21)16(19-10-12)20-8-4-7-14(20)11-5-2-1-3-6-11/h1-3,5-6,9-10,14H,4,7-8,17H2,(H2,18,21). The second kappa shape index (κ2) is 5.44. The van der Waals surface area contributed by atoms with Crippen LogP contribution in [0.3, 0.4) is 0 Å². The minimum Gasteiger partial charge on any atom is -0.397 e. The highest BCUT2D eigenvalue weighted by molar-refractivity contribution is 5.98. The van der Waals surface area contributed by atoms with Gasteiger partial charge in [-0.05, 0) is 24.5 Å². The van der Waals surface area contributed by atoms with E-state index < -0.39 is 5.91 Å². The molecule has 1 atom stereocenters. The molecule has 1 fully saturated rings. The van der Waals surface area contributed by atoms with Crippen LogP contribution in [0, 0.1) is 0 Å². The van der Waals surface area contributed by atoms with Gasteiger partial charge in [-0.25, -0.2) is 4.98 Å². The third kappa shape index (κ3) is 2.54. The summed E-state index contributed by atoms with van der Waals surface area (Å²) in [5.74, 6) is 0.131. The highest BCUT2D eigenvalue weighted by atomic mass is 16.1. The van der Waals surface area contributed by atoms with Crippen LogP contribution in [-0.2, 0) is 0 Å². The number of pyridine rings is 1. The van der Waals surface area contributed by atoms with E-state index in [-0.39, 0.29) is 6.04 Å². The number of carbonyl (C=O) groups excluding carboxylic acids is 1. The zero-order valence-electron chi connectivity index (χ0n) is 11.7. The Bertz CT molecular complexity index is 657. The first kappa shape index (κ1) is 13.4. The van der Waals surface area contributed by atoms with Crippen LogP contribution in [0.5, 0.6) is 0 Å². The fourth-order valence-corrected chi connectivity index (χ4v) is 2.93. The van der Waals surface area contributed by atoms with Gasteiger partial charge in [0, 0.05) is 6.54 Å². The highest BCUT2D eigenvalue weighted by Crippen LogP contribution is 2.36. The topological polar surface area (TPSA) is 85.2 Å². The molecule has 5 nitrogen and oxygen atoms in total. The van der Waals surface area contributed by atoms with Crippen LogP contribution >= 0.6 is 0 Å². The van der Waals surface area contributed by atoms with Gasteiger partial charge in [0.1, 0.15) is 5.82 Å². The number of amides is 1. The third-order valence-corrected chi connectivity index (χ3v) is 3.86. The van der Waals surface area contributed by atoms with Crippen molar-refractivity contribution < 1.29 is 4.79 Å². The monoisotopic (exact) mass is 282 g/mol. The molecule has 1 aliphatic heterocycles. The van der Waals surface area contributed by atoms with Crippen molar-refractivity contribution in [2.75, 3.05) is 17.2 Å². The van der Waals surface area contributed by atoms with E-state index in [2.05, 4.69) is 22.0 Å². The third-order valence-electron chi connectivity index (χ3n) is 3.86. The Morgan fingerprint density at radius 1 is 1.29 bits per heavy atom. The molecule has 1 unspecified atom stereocenters. The molecule has 0 bridgehead atoms. The van der Waals surface area contributed by atoms with Gasteiger partial charge in [0.15, 0.2) is 0 Å². The summed E-state index contributed by atoms with van der Waals surface area (Å²) in [6, 6.07) is 12.1. The van der Waals surface area contributed by atoms with Crippen LogP contribution in [-0.4, -0.2) is 17.4 Å². The van der Waals surface area contributed by atoms with E-state index in [0.717, 1.165) is 19.4 Å². The number of hydrogen-bond acceptors (Lipinski definition) is 4. The Morgan fingerprint density at radius 2 is 2.05 bits per heavy atom. The molecule has 1 saturated heterocycles. The average molecular weight is 282 g/mol. The van der Waals surface area contributed by atoms with Gasteiger partial charge in [0.05, 0.1) is 23.5 Å². The number of rotatable bonds is 3. The zero-order chi connectivity index (χ0) is 14.8. The molecule has 0 aliphatic carbocycles. The normalized spacial score (nSPS) is 17.9. The molecule has 21 heavy (non-hydrogen) atoms. The van der Waals surface area contributed by atoms with Crippen molar-refractivity contribution in [3.63, 3.8) is 0 Å². The van der Waals surface area contributed by atoms with Gasteiger partial charge >= 0.3 is 0 Å². The summed E-state index contributed by atoms with van der Waals surface area (Å²) in [4.78, 5) is 18.2. The van der Waals surface area contributed by atoms with Crippen LogP contribution in [0.4, 0.5) is 11.5 Å². The number of benzene rings is 1. The second-order valence-electron chi connectivity index (χ2n) is 5.27. The summed E-state index contributed by atoms with van der Waals surface area (Å²) >= 11 is 0. The summed E-state index contributed by atoms with van der Waals surface area (Å²) in [5.41, 5.74) is 13.3. The van der Waals surface area contributed by atoms with Gasteiger partial charge < -0.3 is 16.4 Å². The van der Waals surface area contributed by atoms with Gasteiger partial charge in [-0.1, -0.05) is 30.3 Å². The Labute approximate surface area is 123 Å². The average Bonchev–Trinajstić information content (AvgIpc) is 2.97. The summed E-state index contributed by atoms with van der Waals surface area (Å²) in [6.45, 7) is 0.858. The molecule has 0 saturated carbocycles. The molecule has 1 aliphatic rings. The first-order valence-electron chi connectivity index (χ1n) is 7.03. The molecule has 1 amide bonds. The van der Waals surface area contributed by atoms with Gasteiger partial charge in [-0.3, -0.25) is 4.79 Å². The number of nitrogen functional groups attached to an aromatic ring is 1. The van der Waals surface area contributed by atoms with Crippen molar-refractivity contribution >= 4 is 17.4 Å². The first-order valence-corrected chi connectivity index (χ1v) is 7.03. The lowest BCUT2D eigenvalue weighted by Gasteiger charge is -2.27. The van der Waals surface area contributed by atoms with E-state index >= 15 is 0 Å². The number of anilines is 2. The molecule has 1 aromatic heterocycles. The maximum Gasteiger partial charge on any atom is 0.252 e. The van der Waals surface area contributed by atoms with Crippen molar-refractivity contribution in [3.8, 4) is 0 Å². The van der Waals surface area contributed by atoms with Crippen molar-refractivity contribution in [1.29, 1.82) is 0 Å². The molecule has 4 N–H and O–H groups in total. The lowest BCUT2D eigenvalue weighted by molar-refractivity contribution is 0.100. The molecule has 2 heterocycles. The predicted molar refractivity (Wildman–Crippen MR) is 82.9 cm³/mol. The summed E-state index contributed by atoms with van der Waals surface area (Å²) in [6.07, 6.45) is 3.67. The Kier molecular flexibility index (Phi) is 3.48. The van der Waals surface area contributed by atoms with Crippen LogP contribution in [0.2, 0.25) is 0 Å². The van der Waals surface area contributed by atoms with E-state index in [1.807, 2.05) is 18.2 Å². The lowest BCUT2D eigenvalue weighted by atomic mass is 10.0. The number of carbonyl (C=O) groups is 1. The Morgan fingerprint density at radius 3 is 2.76 bits per heavy atom. The Balaban J connectivity index is 2.01. The molecule has 3 rings (SSSR count). The van der Waals surface area contributed by atoms with E-state index in [4.69, 9.17) is 11.5 Å². The van der Waals surface area contributed by atoms with Gasteiger partial charge in [0.25, 0.3) is 5.91 Å². The quantitative estimate of drug-likeness (QED) is 0.902. The molecule has 5 heteroatoms. The van der Waals surface area contributed by atoms with Crippen molar-refractivity contribution in [3.05, 3.63) is 53.7 Å². The lowest BCUT2D eigenvalue weighted by Crippen LogP contribution is -2.27. The minimum absolute atomic E-state index is 0.223. The van der Waals surface area contributed by atoms with E-state index in [9.17, 15) is 4.79 Å². The number of nitrogens with zero attached hydrogens (tertiary/aromatic N) is 2. The van der Waals surface area contributed by atoms with Crippen LogP contribution in [0.1, 0.15) is 34.8 Å². The number of aromatic nitrogens is 1. The van der Waals surface area contributed by atoms with E-state index in [1.54, 1.807) is 12.3 Å². The maximum atomic E-state index is 11.7. The number of primary amides is 1. The smallest absolute Gasteiger partial charge is 0.252 e. The van der Waals surface area contributed by atoms with Crippen LogP contribution in [0.15, 0.2) is 42.6 Å². The van der Waals surface area contributed by atoms with Crippen molar-refractivity contribution in [1.82, 2.24) is 4.98 Å². The molecule has 1 aromatic carbocycles. The molecular formula is C16H18N4O. The van der Waals surface area contributed by atoms with Crippen LogP contribution in [0.25, 0.3) is 0 Å². The first-order chi connectivity index (χ1) is 10.2. The highest BCUT2D eigenvalue weighted by Gasteiger charge is 2.29. The SMILES string of the molecule is NC(=O)c1cc(N)cnc1N1CCCC1c1ccccc1. The largest absolute Gasteiger partial charge is 0.397 e. The maximum absolute atomic E-state index is 11.7. The zero-order valence-corrected chi connectivity index (χ0v) is 11.7. The predicted octanol–water partition coefficient (Wildman–Crippen LogP) is 2.10. The molecular weight excluding hydrogens is 264 g/mol. The molecule has 0 spiro atoms. The Hall–Kier alpha value is -2.56. The van der Waals surface area contributed by atoms with Crippen molar-refractivity contribution in [2.24, 2.45) is 5.73 Å². The van der Waals surface area contributed by atoms with Crippen molar-refractivity contribution in [2.45, 2.75) is 18.9 Å². The van der Waals surface area contributed by atoms with E-state index in [1.165, 1.54) is 5.56 Å². The van der Waals surface area contributed by atoms with E-state index in [0.29, 0.717) is 17.1 Å². The van der Waals surface area contributed by atoms with Gasteiger partial charge in [-0.2, -0.15) is 0 Å². The number of nitrogens with two attached hydrogens (primary N) is 2. The second-order valence-corrected chi connectivity index (χ2v) is 5.27. The van der Waals surface area contributed by atoms with Crippen LogP contribution < -0.4 is 16.4 Å². The molecule has 0 radical (unpaired) electrons. The van der Waals surface area contributed by atoms with Gasteiger partial charge in [-0.15, -0.1) is 0 Å². The summed E-state index contributed by atoms with van der Waals surface area (Å²) in [5, 5.41) is 0. The molecule has 108 valence electrons. The fraction of sp³-hybridized carbons (Fsp3) is 0.250. The molecule has 2 aromatic rings. The number of hydrogen-bond donors (Lipinski definition) is 2. The summed E-state index contributed by atoms with van der Waals surface area (Å²) < 4.78 is 0. The minimum atomic E-state index is -0.497. The summed E-state index contributed by atoms with van der Waals surface area (Å²) in [7, 11) is 0.